The zero-order valence-electron chi connectivity index (χ0n) is 14.1. The van der Waals surface area contributed by atoms with Gasteiger partial charge in [-0.25, -0.2) is 0 Å². The molecule has 2 aliphatic heterocycles. The maximum absolute atomic E-state index is 11.5. The standard InChI is InChI=1S/C17H21N3O5/c1-17(25-12-18,8-2-10-19-13(21)4-5-14(19)22)9-3-11-20-15(23)6-7-16(20)24/h4-7,12,18H,2-3,8-11H2,1H3. The summed E-state index contributed by atoms with van der Waals surface area (Å²) in [4.78, 5) is 48.4. The Labute approximate surface area is 145 Å². The lowest BCUT2D eigenvalue weighted by atomic mass is 9.93. The minimum absolute atomic E-state index is 0.286. The molecule has 0 radical (unpaired) electrons. The Balaban J connectivity index is 1.80. The van der Waals surface area contributed by atoms with Gasteiger partial charge in [-0.15, -0.1) is 0 Å². The van der Waals surface area contributed by atoms with Gasteiger partial charge in [-0.3, -0.25) is 34.4 Å². The first-order chi connectivity index (χ1) is 11.9. The van der Waals surface area contributed by atoms with Crippen molar-refractivity contribution in [3.63, 3.8) is 0 Å². The number of carbonyl (C=O) groups is 4. The molecule has 0 aromatic heterocycles. The second kappa shape index (κ2) is 7.87. The van der Waals surface area contributed by atoms with Crippen LogP contribution in [0.25, 0.3) is 0 Å². The lowest BCUT2D eigenvalue weighted by Crippen LogP contribution is -2.35. The Kier molecular flexibility index (Phi) is 5.84. The lowest BCUT2D eigenvalue weighted by Gasteiger charge is -2.29. The lowest BCUT2D eigenvalue weighted by molar-refractivity contribution is -0.138. The molecule has 0 atom stereocenters. The maximum atomic E-state index is 11.5. The molecule has 25 heavy (non-hydrogen) atoms. The quantitative estimate of drug-likeness (QED) is 0.357. The SMILES string of the molecule is CC(CCCN1C(=O)C=CC1=O)(CCCN1C(=O)C=CC1=O)OC=N. The van der Waals surface area contributed by atoms with E-state index in [1.807, 2.05) is 6.92 Å². The molecule has 134 valence electrons. The van der Waals surface area contributed by atoms with Gasteiger partial charge in [0.05, 0.1) is 0 Å². The van der Waals surface area contributed by atoms with Crippen molar-refractivity contribution in [1.29, 1.82) is 5.41 Å². The highest BCUT2D eigenvalue weighted by molar-refractivity contribution is 6.13. The van der Waals surface area contributed by atoms with E-state index in [2.05, 4.69) is 0 Å². The fourth-order valence-electron chi connectivity index (χ4n) is 2.91. The van der Waals surface area contributed by atoms with Gasteiger partial charge in [-0.05, 0) is 32.6 Å². The zero-order valence-corrected chi connectivity index (χ0v) is 14.1. The summed E-state index contributed by atoms with van der Waals surface area (Å²) in [6.45, 7) is 2.40. The Hall–Kier alpha value is -2.77. The van der Waals surface area contributed by atoms with Crippen LogP contribution in [0.5, 0.6) is 0 Å². The molecular weight excluding hydrogens is 326 g/mol. The number of hydrogen-bond donors (Lipinski definition) is 1. The van der Waals surface area contributed by atoms with Crippen LogP contribution in [0.15, 0.2) is 24.3 Å². The molecule has 2 heterocycles. The van der Waals surface area contributed by atoms with E-state index in [0.29, 0.717) is 25.7 Å². The van der Waals surface area contributed by atoms with Crippen LogP contribution >= 0.6 is 0 Å². The van der Waals surface area contributed by atoms with E-state index in [1.54, 1.807) is 0 Å². The normalized spacial score (nSPS) is 17.2. The monoisotopic (exact) mass is 347 g/mol. The minimum Gasteiger partial charge on any atom is -0.478 e. The van der Waals surface area contributed by atoms with Crippen molar-refractivity contribution in [3.8, 4) is 0 Å². The molecule has 8 nitrogen and oxygen atoms in total. The van der Waals surface area contributed by atoms with Crippen LogP contribution in [0, 0.1) is 5.41 Å². The number of ether oxygens (including phenoxy) is 1. The maximum Gasteiger partial charge on any atom is 0.253 e. The summed E-state index contributed by atoms with van der Waals surface area (Å²) in [6, 6.07) is 0. The van der Waals surface area contributed by atoms with Gasteiger partial charge in [0.1, 0.15) is 5.60 Å². The smallest absolute Gasteiger partial charge is 0.253 e. The Morgan fingerprint density at radius 3 is 1.56 bits per heavy atom. The summed E-state index contributed by atoms with van der Waals surface area (Å²) >= 11 is 0. The highest BCUT2D eigenvalue weighted by Gasteiger charge is 2.29. The highest BCUT2D eigenvalue weighted by atomic mass is 16.5. The molecule has 0 aromatic rings. The average Bonchev–Trinajstić information content (AvgIpc) is 3.05. The molecule has 8 heteroatoms. The summed E-state index contributed by atoms with van der Waals surface area (Å²) in [5, 5.41) is 7.19. The summed E-state index contributed by atoms with van der Waals surface area (Å²) in [7, 11) is 0. The Morgan fingerprint density at radius 1 is 0.880 bits per heavy atom. The first-order valence-electron chi connectivity index (χ1n) is 8.10. The van der Waals surface area contributed by atoms with Gasteiger partial charge < -0.3 is 4.74 Å². The van der Waals surface area contributed by atoms with Gasteiger partial charge in [-0.1, -0.05) is 0 Å². The molecule has 2 aliphatic rings. The topological polar surface area (TPSA) is 108 Å². The first-order valence-corrected chi connectivity index (χ1v) is 8.10. The molecule has 0 aromatic carbocycles. The molecule has 1 N–H and O–H groups in total. The van der Waals surface area contributed by atoms with Crippen LogP contribution in [-0.2, 0) is 23.9 Å². The van der Waals surface area contributed by atoms with Crippen molar-refractivity contribution < 1.29 is 23.9 Å². The fourth-order valence-corrected chi connectivity index (χ4v) is 2.91. The molecule has 0 fully saturated rings. The van der Waals surface area contributed by atoms with Crippen LogP contribution in [0.3, 0.4) is 0 Å². The van der Waals surface area contributed by atoms with Crippen LogP contribution in [0.4, 0.5) is 0 Å². The van der Waals surface area contributed by atoms with Gasteiger partial charge in [-0.2, -0.15) is 0 Å². The molecule has 4 amide bonds. The van der Waals surface area contributed by atoms with Crippen molar-refractivity contribution >= 4 is 30.0 Å². The van der Waals surface area contributed by atoms with Crippen molar-refractivity contribution in [2.24, 2.45) is 0 Å². The number of hydrogen-bond acceptors (Lipinski definition) is 6. The number of carbonyl (C=O) groups excluding carboxylic acids is 4. The molecule has 0 saturated carbocycles. The zero-order chi connectivity index (χ0) is 18.4. The summed E-state index contributed by atoms with van der Waals surface area (Å²) < 4.78 is 5.40. The van der Waals surface area contributed by atoms with E-state index in [-0.39, 0.29) is 36.7 Å². The second-order valence-electron chi connectivity index (χ2n) is 6.22. The summed E-state index contributed by atoms with van der Waals surface area (Å²) in [6.07, 6.45) is 7.96. The number of rotatable bonds is 10. The van der Waals surface area contributed by atoms with E-state index >= 15 is 0 Å². The van der Waals surface area contributed by atoms with Crippen LogP contribution in [-0.4, -0.2) is 58.5 Å². The van der Waals surface area contributed by atoms with Crippen molar-refractivity contribution in [2.45, 2.75) is 38.2 Å². The van der Waals surface area contributed by atoms with E-state index in [0.717, 1.165) is 16.2 Å². The number of nitrogens with zero attached hydrogens (tertiary/aromatic N) is 2. The van der Waals surface area contributed by atoms with E-state index in [4.69, 9.17) is 10.1 Å². The number of imide groups is 2. The van der Waals surface area contributed by atoms with Gasteiger partial charge in [0.25, 0.3) is 23.6 Å². The molecular formula is C17H21N3O5. The molecule has 0 unspecified atom stereocenters. The van der Waals surface area contributed by atoms with Crippen molar-refractivity contribution in [3.05, 3.63) is 24.3 Å². The highest BCUT2D eigenvalue weighted by Crippen LogP contribution is 2.24. The minimum atomic E-state index is -0.666. The third-order valence-corrected chi connectivity index (χ3v) is 4.32. The van der Waals surface area contributed by atoms with Crippen LogP contribution in [0.2, 0.25) is 0 Å². The predicted molar refractivity (Wildman–Crippen MR) is 88.5 cm³/mol. The first kappa shape index (κ1) is 18.6. The third-order valence-electron chi connectivity index (χ3n) is 4.32. The average molecular weight is 347 g/mol. The molecule has 0 saturated heterocycles. The molecule has 2 rings (SSSR count). The second-order valence-corrected chi connectivity index (χ2v) is 6.22. The number of nitrogens with one attached hydrogen (secondary N) is 1. The number of amides is 4. The predicted octanol–water partition coefficient (Wildman–Crippen LogP) is 0.779. The summed E-state index contributed by atoms with van der Waals surface area (Å²) in [5.41, 5.74) is -0.666. The van der Waals surface area contributed by atoms with Gasteiger partial charge >= 0.3 is 0 Å². The molecule has 0 aliphatic carbocycles. The molecule has 0 bridgehead atoms. The summed E-state index contributed by atoms with van der Waals surface area (Å²) in [5.74, 6) is -1.28. The van der Waals surface area contributed by atoms with E-state index < -0.39 is 5.60 Å². The van der Waals surface area contributed by atoms with E-state index in [9.17, 15) is 19.2 Å². The Bertz CT molecular complexity index is 569. The Morgan fingerprint density at radius 2 is 1.24 bits per heavy atom. The fraction of sp³-hybridized carbons (Fsp3) is 0.471. The largest absolute Gasteiger partial charge is 0.478 e. The van der Waals surface area contributed by atoms with Gasteiger partial charge in [0.2, 0.25) is 0 Å². The van der Waals surface area contributed by atoms with Crippen LogP contribution in [0.1, 0.15) is 32.6 Å². The van der Waals surface area contributed by atoms with Gasteiger partial charge in [0, 0.05) is 37.4 Å². The third kappa shape index (κ3) is 4.62. The van der Waals surface area contributed by atoms with E-state index in [1.165, 1.54) is 24.3 Å². The van der Waals surface area contributed by atoms with Crippen molar-refractivity contribution in [2.75, 3.05) is 13.1 Å². The van der Waals surface area contributed by atoms with Gasteiger partial charge in [0.15, 0.2) is 6.40 Å². The van der Waals surface area contributed by atoms with Crippen molar-refractivity contribution in [1.82, 2.24) is 9.80 Å². The van der Waals surface area contributed by atoms with Crippen LogP contribution < -0.4 is 0 Å². The molecule has 0 spiro atoms.